The second-order valence-electron chi connectivity index (χ2n) is 4.98. The van der Waals surface area contributed by atoms with Crippen molar-refractivity contribution in [3.63, 3.8) is 0 Å². The van der Waals surface area contributed by atoms with Crippen molar-refractivity contribution in [2.75, 3.05) is 12.3 Å². The molecule has 1 aromatic rings. The fraction of sp³-hybridized carbons (Fsp3) is 0.727. The molecule has 0 bridgehead atoms. The van der Waals surface area contributed by atoms with Gasteiger partial charge in [0.25, 0.3) is 0 Å². The van der Waals surface area contributed by atoms with Gasteiger partial charge >= 0.3 is 0 Å². The van der Waals surface area contributed by atoms with Gasteiger partial charge in [0.15, 0.2) is 0 Å². The van der Waals surface area contributed by atoms with E-state index >= 15 is 0 Å². The van der Waals surface area contributed by atoms with E-state index in [-0.39, 0.29) is 11.7 Å². The van der Waals surface area contributed by atoms with E-state index in [2.05, 4.69) is 10.2 Å². The van der Waals surface area contributed by atoms with Gasteiger partial charge in [-0.25, -0.2) is 8.42 Å². The van der Waals surface area contributed by atoms with Crippen LogP contribution in [0.3, 0.4) is 0 Å². The number of H-pyrrole nitrogens is 1. The summed E-state index contributed by atoms with van der Waals surface area (Å²) in [6.07, 6.45) is 3.47. The quantitative estimate of drug-likeness (QED) is 0.883. The Morgan fingerprint density at radius 2 is 2.29 bits per heavy atom. The van der Waals surface area contributed by atoms with Crippen LogP contribution in [0.5, 0.6) is 0 Å². The summed E-state index contributed by atoms with van der Waals surface area (Å²) in [7, 11) is -3.13. The van der Waals surface area contributed by atoms with Crippen molar-refractivity contribution < 1.29 is 8.42 Å². The minimum Gasteiger partial charge on any atom is -0.282 e. The summed E-state index contributed by atoms with van der Waals surface area (Å²) in [5, 5.41) is 6.92. The van der Waals surface area contributed by atoms with E-state index < -0.39 is 10.0 Å². The van der Waals surface area contributed by atoms with Gasteiger partial charge in [0.05, 0.1) is 11.9 Å². The Morgan fingerprint density at radius 3 is 3.00 bits per heavy atom. The van der Waals surface area contributed by atoms with Crippen LogP contribution in [0.2, 0.25) is 0 Å². The number of nitrogens with one attached hydrogen (secondary N) is 1. The lowest BCUT2D eigenvalue weighted by Crippen LogP contribution is -2.34. The first kappa shape index (κ1) is 12.6. The molecule has 0 unspecified atom stereocenters. The molecule has 1 N–H and O–H groups in total. The van der Waals surface area contributed by atoms with Gasteiger partial charge in [-0.05, 0) is 18.8 Å². The second kappa shape index (κ2) is 4.78. The molecule has 0 saturated heterocycles. The van der Waals surface area contributed by atoms with Crippen LogP contribution < -0.4 is 0 Å². The molecule has 1 aliphatic rings. The van der Waals surface area contributed by atoms with E-state index in [1.54, 1.807) is 10.5 Å². The molecule has 0 spiro atoms. The third kappa shape index (κ3) is 2.87. The van der Waals surface area contributed by atoms with Crippen LogP contribution >= 0.6 is 0 Å². The summed E-state index contributed by atoms with van der Waals surface area (Å²) in [5.74, 6) is 0.382. The number of hydrogen-bond acceptors (Lipinski definition) is 3. The molecule has 0 amide bonds. The van der Waals surface area contributed by atoms with Gasteiger partial charge in [-0.2, -0.15) is 9.40 Å². The molecule has 1 aromatic heterocycles. The number of hydrogen-bond donors (Lipinski definition) is 1. The van der Waals surface area contributed by atoms with E-state index in [9.17, 15) is 8.42 Å². The summed E-state index contributed by atoms with van der Waals surface area (Å²) >= 11 is 0. The molecule has 5 nitrogen and oxygen atoms in total. The first-order chi connectivity index (χ1) is 7.99. The summed E-state index contributed by atoms with van der Waals surface area (Å²) in [4.78, 5) is 0. The van der Waals surface area contributed by atoms with E-state index in [0.717, 1.165) is 24.1 Å². The molecule has 96 valence electrons. The lowest BCUT2D eigenvalue weighted by atomic mass is 10.2. The van der Waals surface area contributed by atoms with Crippen LogP contribution in [0.15, 0.2) is 6.20 Å². The predicted octanol–water partition coefficient (Wildman–Crippen LogP) is 1.14. The van der Waals surface area contributed by atoms with Crippen LogP contribution in [0, 0.1) is 5.92 Å². The Kier molecular flexibility index (Phi) is 3.53. The minimum atomic E-state index is -3.13. The zero-order valence-electron chi connectivity index (χ0n) is 10.3. The Bertz CT molecular complexity index is 479. The first-order valence-electron chi connectivity index (χ1n) is 5.98. The van der Waals surface area contributed by atoms with Gasteiger partial charge in [0.1, 0.15) is 0 Å². The molecule has 0 radical (unpaired) electrons. The normalized spacial score (nSPS) is 18.1. The van der Waals surface area contributed by atoms with Crippen molar-refractivity contribution in [2.24, 2.45) is 5.92 Å². The maximum Gasteiger partial charge on any atom is 0.214 e. The highest BCUT2D eigenvalue weighted by molar-refractivity contribution is 7.89. The number of sulfonamides is 1. The van der Waals surface area contributed by atoms with E-state index in [1.807, 2.05) is 13.8 Å². The molecule has 0 aromatic carbocycles. The monoisotopic (exact) mass is 257 g/mol. The molecular weight excluding hydrogens is 238 g/mol. The lowest BCUT2D eigenvalue weighted by Gasteiger charge is -2.21. The summed E-state index contributed by atoms with van der Waals surface area (Å²) in [5.41, 5.74) is 2.09. The zero-order chi connectivity index (χ0) is 12.5. The standard InChI is InChI=1S/C11H19N3O2S/c1-9(2)8-17(15,16)14-5-3-4-11-10(7-14)6-12-13-11/h6,9H,3-5,7-8H2,1-2H3,(H,12,13). The Hall–Kier alpha value is -0.880. The average molecular weight is 257 g/mol. The van der Waals surface area contributed by atoms with Gasteiger partial charge in [-0.1, -0.05) is 13.8 Å². The molecule has 0 atom stereocenters. The van der Waals surface area contributed by atoms with Crippen LogP contribution in [-0.2, 0) is 23.0 Å². The molecule has 6 heteroatoms. The number of aromatic nitrogens is 2. The first-order valence-corrected chi connectivity index (χ1v) is 7.59. The fourth-order valence-corrected chi connectivity index (χ4v) is 3.95. The predicted molar refractivity (Wildman–Crippen MR) is 65.9 cm³/mol. The van der Waals surface area contributed by atoms with E-state index in [1.165, 1.54) is 0 Å². The van der Waals surface area contributed by atoms with E-state index in [0.29, 0.717) is 13.1 Å². The van der Waals surface area contributed by atoms with Crippen molar-refractivity contribution in [1.29, 1.82) is 0 Å². The Balaban J connectivity index is 2.18. The van der Waals surface area contributed by atoms with Gasteiger partial charge < -0.3 is 0 Å². The Morgan fingerprint density at radius 1 is 1.53 bits per heavy atom. The minimum absolute atomic E-state index is 0.159. The maximum absolute atomic E-state index is 12.2. The molecule has 2 heterocycles. The molecule has 17 heavy (non-hydrogen) atoms. The fourth-order valence-electron chi connectivity index (χ4n) is 2.16. The zero-order valence-corrected chi connectivity index (χ0v) is 11.1. The molecular formula is C11H19N3O2S. The molecule has 1 aliphatic heterocycles. The van der Waals surface area contributed by atoms with Crippen molar-refractivity contribution in [1.82, 2.24) is 14.5 Å². The largest absolute Gasteiger partial charge is 0.282 e. The number of rotatable bonds is 3. The van der Waals surface area contributed by atoms with Crippen molar-refractivity contribution in [3.8, 4) is 0 Å². The van der Waals surface area contributed by atoms with Crippen molar-refractivity contribution in [3.05, 3.63) is 17.5 Å². The number of fused-ring (bicyclic) bond motifs is 1. The van der Waals surface area contributed by atoms with Gasteiger partial charge in [-0.3, -0.25) is 5.10 Å². The smallest absolute Gasteiger partial charge is 0.214 e. The van der Waals surface area contributed by atoms with E-state index in [4.69, 9.17) is 0 Å². The topological polar surface area (TPSA) is 66.1 Å². The Labute approximate surface area is 102 Å². The molecule has 2 rings (SSSR count). The molecule has 0 fully saturated rings. The molecule has 0 aliphatic carbocycles. The summed E-state index contributed by atoms with van der Waals surface area (Å²) in [6.45, 7) is 4.93. The summed E-state index contributed by atoms with van der Waals surface area (Å²) < 4.78 is 25.9. The number of nitrogens with zero attached hydrogens (tertiary/aromatic N) is 2. The molecule has 0 saturated carbocycles. The van der Waals surface area contributed by atoms with Gasteiger partial charge in [-0.15, -0.1) is 0 Å². The second-order valence-corrected chi connectivity index (χ2v) is 7.00. The van der Waals surface area contributed by atoms with Crippen LogP contribution in [0.1, 0.15) is 31.5 Å². The highest BCUT2D eigenvalue weighted by Crippen LogP contribution is 2.19. The van der Waals surface area contributed by atoms with Crippen LogP contribution in [0.4, 0.5) is 0 Å². The van der Waals surface area contributed by atoms with Gasteiger partial charge in [0.2, 0.25) is 10.0 Å². The highest BCUT2D eigenvalue weighted by Gasteiger charge is 2.26. The average Bonchev–Trinajstić information content (AvgIpc) is 2.53. The van der Waals surface area contributed by atoms with Crippen molar-refractivity contribution in [2.45, 2.75) is 33.2 Å². The SMILES string of the molecule is CC(C)CS(=O)(=O)N1CCCc2[nH]ncc2C1. The van der Waals surface area contributed by atoms with Crippen molar-refractivity contribution >= 4 is 10.0 Å². The third-order valence-corrected chi connectivity index (χ3v) is 5.11. The van der Waals surface area contributed by atoms with Crippen LogP contribution in [0.25, 0.3) is 0 Å². The number of aryl methyl sites for hydroxylation is 1. The maximum atomic E-state index is 12.2. The number of aromatic amines is 1. The highest BCUT2D eigenvalue weighted by atomic mass is 32.2. The lowest BCUT2D eigenvalue weighted by molar-refractivity contribution is 0.405. The van der Waals surface area contributed by atoms with Crippen LogP contribution in [-0.4, -0.2) is 35.2 Å². The summed E-state index contributed by atoms with van der Waals surface area (Å²) in [6, 6.07) is 0. The third-order valence-electron chi connectivity index (χ3n) is 2.93. The van der Waals surface area contributed by atoms with Gasteiger partial charge in [0, 0.05) is 24.3 Å².